The summed E-state index contributed by atoms with van der Waals surface area (Å²) >= 11 is 1.72. The molecule has 3 rings (SSSR count). The number of ether oxygens (including phenoxy) is 2. The first-order valence-electron chi connectivity index (χ1n) is 6.70. The van der Waals surface area contributed by atoms with Crippen LogP contribution >= 0.6 is 11.3 Å². The third-order valence-corrected chi connectivity index (χ3v) is 4.37. The normalized spacial score (nSPS) is 14.3. The first kappa shape index (κ1) is 13.4. The molecule has 1 aliphatic carbocycles. The summed E-state index contributed by atoms with van der Waals surface area (Å²) in [5.74, 6) is 1.47. The largest absolute Gasteiger partial charge is 0.493 e. The summed E-state index contributed by atoms with van der Waals surface area (Å²) in [4.78, 5) is 5.76. The zero-order chi connectivity index (χ0) is 13.9. The van der Waals surface area contributed by atoms with Crippen LogP contribution in [0.4, 0.5) is 0 Å². The molecule has 1 heterocycles. The van der Waals surface area contributed by atoms with Gasteiger partial charge in [-0.05, 0) is 31.0 Å². The van der Waals surface area contributed by atoms with Gasteiger partial charge in [0.2, 0.25) is 0 Å². The lowest BCUT2D eigenvalue weighted by Crippen LogP contribution is -2.14. The van der Waals surface area contributed by atoms with Crippen molar-refractivity contribution in [2.75, 3.05) is 14.2 Å². The minimum Gasteiger partial charge on any atom is -0.493 e. The molecule has 106 valence electrons. The van der Waals surface area contributed by atoms with Crippen LogP contribution < -0.4 is 14.8 Å². The van der Waals surface area contributed by atoms with Crippen molar-refractivity contribution in [1.82, 2.24) is 10.3 Å². The van der Waals surface area contributed by atoms with Gasteiger partial charge in [0.1, 0.15) is 5.01 Å². The van der Waals surface area contributed by atoms with Crippen LogP contribution in [0.1, 0.15) is 17.7 Å². The van der Waals surface area contributed by atoms with Gasteiger partial charge in [0.05, 0.1) is 14.2 Å². The number of nitrogens with one attached hydrogen (secondary N) is 1. The Hall–Kier alpha value is -1.59. The molecule has 1 aromatic heterocycles. The molecule has 0 radical (unpaired) electrons. The summed E-state index contributed by atoms with van der Waals surface area (Å²) in [7, 11) is 3.29. The van der Waals surface area contributed by atoms with Crippen LogP contribution in [0.15, 0.2) is 24.4 Å². The van der Waals surface area contributed by atoms with Gasteiger partial charge >= 0.3 is 0 Å². The number of benzene rings is 1. The van der Waals surface area contributed by atoms with E-state index in [9.17, 15) is 0 Å². The van der Waals surface area contributed by atoms with Gasteiger partial charge < -0.3 is 14.8 Å². The molecule has 20 heavy (non-hydrogen) atoms. The third kappa shape index (κ3) is 2.94. The number of methoxy groups -OCH3 is 2. The first-order chi connectivity index (χ1) is 9.80. The summed E-state index contributed by atoms with van der Waals surface area (Å²) in [5.41, 5.74) is 1.06. The van der Waals surface area contributed by atoms with E-state index in [0.717, 1.165) is 34.7 Å². The van der Waals surface area contributed by atoms with Gasteiger partial charge in [-0.25, -0.2) is 4.98 Å². The van der Waals surface area contributed by atoms with E-state index in [0.29, 0.717) is 0 Å². The highest BCUT2D eigenvalue weighted by atomic mass is 32.1. The van der Waals surface area contributed by atoms with E-state index in [4.69, 9.17) is 9.47 Å². The highest BCUT2D eigenvalue weighted by Crippen LogP contribution is 2.34. The molecule has 0 saturated heterocycles. The predicted molar refractivity (Wildman–Crippen MR) is 80.5 cm³/mol. The van der Waals surface area contributed by atoms with Crippen LogP contribution in [-0.4, -0.2) is 25.2 Å². The second kappa shape index (κ2) is 5.81. The molecular formula is C15H18N2O2S. The average Bonchev–Trinajstić information content (AvgIpc) is 3.21. The molecule has 0 spiro atoms. The van der Waals surface area contributed by atoms with Gasteiger partial charge in [-0.2, -0.15) is 0 Å². The second-order valence-corrected chi connectivity index (χ2v) is 5.97. The molecule has 1 N–H and O–H groups in total. The Morgan fingerprint density at radius 1 is 1.25 bits per heavy atom. The van der Waals surface area contributed by atoms with Gasteiger partial charge in [-0.15, -0.1) is 11.3 Å². The second-order valence-electron chi connectivity index (χ2n) is 4.86. The van der Waals surface area contributed by atoms with Crippen molar-refractivity contribution in [2.24, 2.45) is 0 Å². The molecule has 1 fully saturated rings. The van der Waals surface area contributed by atoms with Crippen LogP contribution in [0.2, 0.25) is 0 Å². The lowest BCUT2D eigenvalue weighted by molar-refractivity contribution is 0.355. The Morgan fingerprint density at radius 2 is 2.05 bits per heavy atom. The van der Waals surface area contributed by atoms with Crippen molar-refractivity contribution in [1.29, 1.82) is 0 Å². The highest BCUT2D eigenvalue weighted by molar-refractivity contribution is 7.15. The van der Waals surface area contributed by atoms with Gasteiger partial charge in [0.25, 0.3) is 0 Å². The standard InChI is InChI=1S/C15H18N2O2S/c1-18-13-6-3-10(7-14(13)19-2)15-17-9-12(20-15)8-16-11-4-5-11/h3,6-7,9,11,16H,4-5,8H2,1-2H3. The number of hydrogen-bond donors (Lipinski definition) is 1. The highest BCUT2D eigenvalue weighted by Gasteiger charge is 2.20. The molecule has 2 aromatic rings. The fourth-order valence-electron chi connectivity index (χ4n) is 2.02. The van der Waals surface area contributed by atoms with Crippen molar-refractivity contribution in [2.45, 2.75) is 25.4 Å². The van der Waals surface area contributed by atoms with E-state index in [-0.39, 0.29) is 0 Å². The zero-order valence-electron chi connectivity index (χ0n) is 11.7. The van der Waals surface area contributed by atoms with Crippen molar-refractivity contribution in [3.05, 3.63) is 29.3 Å². The van der Waals surface area contributed by atoms with Crippen LogP contribution in [0.25, 0.3) is 10.6 Å². The third-order valence-electron chi connectivity index (χ3n) is 3.33. The van der Waals surface area contributed by atoms with E-state index in [2.05, 4.69) is 10.3 Å². The summed E-state index contributed by atoms with van der Waals surface area (Å²) in [6.45, 7) is 0.912. The number of thiazole rings is 1. The molecule has 1 aromatic carbocycles. The topological polar surface area (TPSA) is 43.4 Å². The smallest absolute Gasteiger partial charge is 0.161 e. The Kier molecular flexibility index (Phi) is 3.89. The van der Waals surface area contributed by atoms with E-state index in [1.807, 2.05) is 24.4 Å². The molecule has 0 aliphatic heterocycles. The molecule has 0 unspecified atom stereocenters. The molecule has 1 saturated carbocycles. The molecule has 0 atom stereocenters. The molecule has 4 nitrogen and oxygen atoms in total. The minimum atomic E-state index is 0.724. The zero-order valence-corrected chi connectivity index (χ0v) is 12.5. The first-order valence-corrected chi connectivity index (χ1v) is 7.52. The van der Waals surface area contributed by atoms with Crippen LogP contribution in [0.5, 0.6) is 11.5 Å². The summed E-state index contributed by atoms with van der Waals surface area (Å²) < 4.78 is 10.6. The summed E-state index contributed by atoms with van der Waals surface area (Å²) in [6, 6.07) is 6.62. The van der Waals surface area contributed by atoms with Gasteiger partial charge in [0, 0.05) is 29.2 Å². The number of rotatable bonds is 6. The predicted octanol–water partition coefficient (Wildman–Crippen LogP) is 3.08. The fraction of sp³-hybridized carbons (Fsp3) is 0.400. The van der Waals surface area contributed by atoms with Crippen molar-refractivity contribution in [3.63, 3.8) is 0 Å². The maximum absolute atomic E-state index is 5.33. The van der Waals surface area contributed by atoms with Gasteiger partial charge in [-0.3, -0.25) is 0 Å². The van der Waals surface area contributed by atoms with Crippen molar-refractivity contribution in [3.8, 4) is 22.1 Å². The minimum absolute atomic E-state index is 0.724. The number of aromatic nitrogens is 1. The average molecular weight is 290 g/mol. The molecule has 0 amide bonds. The quantitative estimate of drug-likeness (QED) is 0.888. The molecule has 0 bridgehead atoms. The van der Waals surface area contributed by atoms with E-state index in [1.165, 1.54) is 17.7 Å². The Bertz CT molecular complexity index is 593. The Morgan fingerprint density at radius 3 is 2.75 bits per heavy atom. The number of hydrogen-bond acceptors (Lipinski definition) is 5. The Labute approximate surface area is 122 Å². The molecule has 5 heteroatoms. The molecular weight excluding hydrogens is 272 g/mol. The maximum atomic E-state index is 5.33. The Balaban J connectivity index is 1.77. The van der Waals surface area contributed by atoms with Crippen LogP contribution in [0, 0.1) is 0 Å². The van der Waals surface area contributed by atoms with E-state index < -0.39 is 0 Å². The maximum Gasteiger partial charge on any atom is 0.161 e. The van der Waals surface area contributed by atoms with Gasteiger partial charge in [-0.1, -0.05) is 0 Å². The van der Waals surface area contributed by atoms with Gasteiger partial charge in [0.15, 0.2) is 11.5 Å². The lowest BCUT2D eigenvalue weighted by Gasteiger charge is -2.08. The summed E-state index contributed by atoms with van der Waals surface area (Å²) in [5, 5.41) is 4.52. The van der Waals surface area contributed by atoms with Crippen LogP contribution in [0.3, 0.4) is 0 Å². The van der Waals surface area contributed by atoms with E-state index in [1.54, 1.807) is 25.6 Å². The van der Waals surface area contributed by atoms with Crippen molar-refractivity contribution < 1.29 is 9.47 Å². The lowest BCUT2D eigenvalue weighted by atomic mass is 10.2. The van der Waals surface area contributed by atoms with E-state index >= 15 is 0 Å². The summed E-state index contributed by atoms with van der Waals surface area (Å²) in [6.07, 6.45) is 4.56. The number of nitrogens with zero attached hydrogens (tertiary/aromatic N) is 1. The molecule has 1 aliphatic rings. The van der Waals surface area contributed by atoms with Crippen molar-refractivity contribution >= 4 is 11.3 Å². The fourth-order valence-corrected chi connectivity index (χ4v) is 2.88. The van der Waals surface area contributed by atoms with Crippen LogP contribution in [-0.2, 0) is 6.54 Å². The SMILES string of the molecule is COc1ccc(-c2ncc(CNC3CC3)s2)cc1OC. The monoisotopic (exact) mass is 290 g/mol.